The second-order valence-electron chi connectivity index (χ2n) is 64.7. The summed E-state index contributed by atoms with van der Waals surface area (Å²) in [6.07, 6.45) is 25.8. The summed E-state index contributed by atoms with van der Waals surface area (Å²) in [5.74, 6) is 1.38. The zero-order valence-electron chi connectivity index (χ0n) is 113. The fourth-order valence-electron chi connectivity index (χ4n) is 5.41. The summed E-state index contributed by atoms with van der Waals surface area (Å²) in [7, 11) is 10.6. The van der Waals surface area contributed by atoms with Crippen molar-refractivity contribution in [2.75, 3.05) is 61.4 Å². The van der Waals surface area contributed by atoms with Gasteiger partial charge in [0, 0.05) is 39.0 Å². The maximum absolute atomic E-state index is 11.5. The Bertz CT molecular complexity index is 1880. The number of carbonyl (C=O) groups is 1. The fourth-order valence-corrected chi connectivity index (χ4v) is 5.41. The van der Waals surface area contributed by atoms with E-state index in [9.17, 15) is 4.79 Å². The van der Waals surface area contributed by atoms with Crippen molar-refractivity contribution < 1.29 is 4.79 Å². The summed E-state index contributed by atoms with van der Waals surface area (Å²) in [6.45, 7) is 177. The van der Waals surface area contributed by atoms with Gasteiger partial charge in [0.15, 0.2) is 0 Å². The number of hydrogen-bond acceptors (Lipinski definition) is 4. The molecule has 4 nitrogen and oxygen atoms in total. The Labute approximate surface area is 883 Å². The van der Waals surface area contributed by atoms with Crippen LogP contribution in [-0.2, 0) is 4.79 Å². The molecule has 0 unspecified atom stereocenters. The number of nitrogens with zero attached hydrogens (tertiary/aromatic N) is 3. The van der Waals surface area contributed by atoms with Gasteiger partial charge in [-0.25, -0.2) is 0 Å². The van der Waals surface area contributed by atoms with Crippen LogP contribution in [0, 0.1) is 120 Å². The summed E-state index contributed by atoms with van der Waals surface area (Å²) < 4.78 is 0. The molecule has 4 heteroatoms. The fraction of sp³-hybridized carbons (Fsp3) is 0.992. The van der Waals surface area contributed by atoms with Crippen LogP contribution in [0.25, 0.3) is 0 Å². The maximum Gasteiger partial charge on any atom is 0.133 e. The molecule has 1 aliphatic heterocycles. The molecule has 0 atom stereocenters. The number of carbonyl (C=O) groups excluding carboxylic acids is 1. The van der Waals surface area contributed by atoms with Gasteiger partial charge in [0.05, 0.1) is 0 Å². The van der Waals surface area contributed by atoms with Crippen LogP contribution in [0.5, 0.6) is 0 Å². The second kappa shape index (κ2) is 87.6. The van der Waals surface area contributed by atoms with Crippen LogP contribution in [0.1, 0.15) is 683 Å². The van der Waals surface area contributed by atoms with Gasteiger partial charge in [0.25, 0.3) is 0 Å². The molecular formula is C132H305N3O. The van der Waals surface area contributed by atoms with Crippen molar-refractivity contribution in [3.05, 3.63) is 0 Å². The highest BCUT2D eigenvalue weighted by Crippen LogP contribution is 2.49. The first-order chi connectivity index (χ1) is 57.6. The lowest BCUT2D eigenvalue weighted by Gasteiger charge is -2.44. The summed E-state index contributed by atoms with van der Waals surface area (Å²) in [4.78, 5) is 18.3. The Balaban J connectivity index is -0.0000000580. The van der Waals surface area contributed by atoms with Crippen LogP contribution in [0.4, 0.5) is 0 Å². The van der Waals surface area contributed by atoms with Gasteiger partial charge in [-0.05, 0) is 174 Å². The average molecular weight is 1950 g/mol. The summed E-state index contributed by atoms with van der Waals surface area (Å²) in [6, 6.07) is 0. The number of Topliss-reactive ketones (excluding diaryl/α,β-unsaturated/α-hetero) is 1. The van der Waals surface area contributed by atoms with E-state index in [-0.39, 0.29) is 20.3 Å². The molecule has 0 aromatic rings. The van der Waals surface area contributed by atoms with Crippen LogP contribution >= 0.6 is 0 Å². The quantitative estimate of drug-likeness (QED) is 0.265. The number of rotatable bonds is 6. The Kier molecular flexibility index (Phi) is 118. The molecule has 1 saturated heterocycles. The molecule has 0 spiro atoms. The average Bonchev–Trinajstić information content (AvgIpc) is 1.62. The number of likely N-dealkylation sites (tertiary alicyclic amines) is 1. The smallest absolute Gasteiger partial charge is 0.133 e. The van der Waals surface area contributed by atoms with E-state index in [1.165, 1.54) is 135 Å². The van der Waals surface area contributed by atoms with Gasteiger partial charge in [0.2, 0.25) is 0 Å². The van der Waals surface area contributed by atoms with Gasteiger partial charge in [0.1, 0.15) is 5.78 Å². The highest BCUT2D eigenvalue weighted by Gasteiger charge is 2.39. The van der Waals surface area contributed by atoms with Crippen LogP contribution in [0.2, 0.25) is 0 Å². The highest BCUT2D eigenvalue weighted by molar-refractivity contribution is 5.80. The Morgan fingerprint density at radius 2 is 0.360 bits per heavy atom. The third kappa shape index (κ3) is 306. The molecular weight excluding hydrogens is 1640 g/mol. The first-order valence-electron chi connectivity index (χ1n) is 56.1. The monoisotopic (exact) mass is 1950 g/mol. The predicted molar refractivity (Wildman–Crippen MR) is 662 cm³/mol. The van der Waals surface area contributed by atoms with Crippen molar-refractivity contribution in [3.63, 3.8) is 0 Å². The summed E-state index contributed by atoms with van der Waals surface area (Å²) in [5, 5.41) is 0. The molecule has 1 heterocycles. The Hall–Kier alpha value is -0.450. The third-order valence-corrected chi connectivity index (χ3v) is 23.2. The Morgan fingerprint density at radius 3 is 0.397 bits per heavy atom. The van der Waals surface area contributed by atoms with E-state index in [4.69, 9.17) is 0 Å². The van der Waals surface area contributed by atoms with Gasteiger partial charge >= 0.3 is 0 Å². The molecule has 1 saturated carbocycles. The predicted octanol–water partition coefficient (Wildman–Crippen LogP) is 48.7. The van der Waals surface area contributed by atoms with E-state index >= 15 is 0 Å². The second-order valence-corrected chi connectivity index (χ2v) is 64.7. The zero-order valence-corrected chi connectivity index (χ0v) is 113. The van der Waals surface area contributed by atoms with Crippen molar-refractivity contribution in [1.82, 2.24) is 14.7 Å². The van der Waals surface area contributed by atoms with Crippen molar-refractivity contribution in [3.8, 4) is 0 Å². The van der Waals surface area contributed by atoms with Crippen LogP contribution in [0.3, 0.4) is 0 Å². The van der Waals surface area contributed by atoms with Crippen LogP contribution < -0.4 is 0 Å². The zero-order chi connectivity index (χ0) is 114. The first kappa shape index (κ1) is 184. The minimum absolute atomic E-state index is 0. The molecule has 854 valence electrons. The topological polar surface area (TPSA) is 26.8 Å². The van der Waals surface area contributed by atoms with Crippen molar-refractivity contribution in [2.24, 2.45) is 120 Å². The molecule has 2 rings (SSSR count). The maximum atomic E-state index is 11.5. The standard InChI is InChI=1S/C11H20O.C8H17N.2C7H17N.C7H16.15C6H14.2CH4/c1-10(2,3)7-9(12)8-11(4)5-6-11;1-8(2,3)7-5-9(4)6-7;2*1-7(2,3)6-8(4)5;1-5-6-7(2,3)4;15*1-5-6(2,3)4;;/h5-8H2,1-4H3;7H,5-6H2,1-4H3;2*6H2,1-5H3;5-6H2,1-4H3;15*5H2,1-4H3;2*1H4. The molecule has 0 N–H and O–H groups in total. The molecule has 0 aromatic heterocycles. The van der Waals surface area contributed by atoms with E-state index in [2.05, 4.69) is 583 Å². The van der Waals surface area contributed by atoms with Crippen LogP contribution in [-0.4, -0.2) is 81.9 Å². The van der Waals surface area contributed by atoms with E-state index in [1.54, 1.807) is 0 Å². The van der Waals surface area contributed by atoms with Crippen LogP contribution in [0.15, 0.2) is 0 Å². The lowest BCUT2D eigenvalue weighted by molar-refractivity contribution is -0.121. The molecule has 0 aromatic carbocycles. The van der Waals surface area contributed by atoms with Gasteiger partial charge in [-0.3, -0.25) is 4.79 Å². The van der Waals surface area contributed by atoms with E-state index in [1.807, 2.05) is 0 Å². The summed E-state index contributed by atoms with van der Waals surface area (Å²) >= 11 is 0. The lowest BCUT2D eigenvalue weighted by atomic mass is 9.76. The van der Waals surface area contributed by atoms with Gasteiger partial charge in [-0.15, -0.1) is 0 Å². The van der Waals surface area contributed by atoms with Crippen molar-refractivity contribution in [2.45, 2.75) is 683 Å². The third-order valence-electron chi connectivity index (χ3n) is 23.2. The van der Waals surface area contributed by atoms with Crippen molar-refractivity contribution >= 4 is 5.78 Å². The van der Waals surface area contributed by atoms with Gasteiger partial charge in [-0.2, -0.15) is 0 Å². The highest BCUT2D eigenvalue weighted by atomic mass is 16.1. The molecule has 2 fully saturated rings. The minimum atomic E-state index is 0. The SMILES string of the molecule is C.C.CC(C)(C)CC(=O)CC1(C)CC1.CCC(C)(C)C.CCC(C)(C)C.CCC(C)(C)C.CCC(C)(C)C.CCC(C)(C)C.CCC(C)(C)C.CCC(C)(C)C.CCC(C)(C)C.CCC(C)(C)C.CCC(C)(C)C.CCC(C)(C)C.CCC(C)(C)C.CCC(C)(C)C.CCC(C)(C)C.CCC(C)(C)C.CCCC(C)(C)C.CN(C)CC(C)(C)C.CN(C)CC(C)(C)C.CN1CC(C(C)(C)C)C1. The molecule has 0 bridgehead atoms. The minimum Gasteiger partial charge on any atom is -0.309 e. The van der Waals surface area contributed by atoms with E-state index in [0.29, 0.717) is 114 Å². The first-order valence-corrected chi connectivity index (χ1v) is 56.1. The molecule has 0 radical (unpaired) electrons. The van der Waals surface area contributed by atoms with E-state index in [0.717, 1.165) is 31.8 Å². The lowest BCUT2D eigenvalue weighted by Crippen LogP contribution is -2.49. The Morgan fingerprint density at radius 1 is 0.235 bits per heavy atom. The largest absolute Gasteiger partial charge is 0.309 e. The molecule has 0 amide bonds. The molecule has 1 aliphatic carbocycles. The normalized spacial score (nSPS) is 13.5. The van der Waals surface area contributed by atoms with E-state index < -0.39 is 0 Å². The molecule has 2 aliphatic rings. The summed E-state index contributed by atoms with van der Waals surface area (Å²) in [5.41, 5.74) is 10.7. The van der Waals surface area contributed by atoms with Gasteiger partial charge < -0.3 is 14.7 Å². The molecule has 136 heavy (non-hydrogen) atoms. The number of hydrogen-bond donors (Lipinski definition) is 0. The van der Waals surface area contributed by atoms with Crippen molar-refractivity contribution in [1.29, 1.82) is 0 Å². The number of ketones is 1. The van der Waals surface area contributed by atoms with Gasteiger partial charge in [-0.1, -0.05) is 651 Å².